The Hall–Kier alpha value is -2.21. The number of piperidine rings is 1. The van der Waals surface area contributed by atoms with Crippen molar-refractivity contribution >= 4 is 21.8 Å². The largest absolute Gasteiger partial charge is 0.497 e. The molecule has 1 aliphatic rings. The molecule has 1 heterocycles. The molecule has 1 aromatic carbocycles. The van der Waals surface area contributed by atoms with Gasteiger partial charge in [-0.25, -0.2) is 8.42 Å². The van der Waals surface area contributed by atoms with Crippen LogP contribution in [0.4, 0.5) is 0 Å². The van der Waals surface area contributed by atoms with Gasteiger partial charge in [-0.3, -0.25) is 9.59 Å². The molecular formula is C19H29N3O7S. The predicted octanol–water partition coefficient (Wildman–Crippen LogP) is -0.704. The second-order valence-electron chi connectivity index (χ2n) is 7.08. The van der Waals surface area contributed by atoms with Crippen molar-refractivity contribution < 1.29 is 33.0 Å². The van der Waals surface area contributed by atoms with Crippen LogP contribution in [-0.4, -0.2) is 85.1 Å². The molecule has 2 amide bonds. The molecule has 11 heteroatoms. The van der Waals surface area contributed by atoms with Gasteiger partial charge in [0.2, 0.25) is 21.8 Å². The number of carbonyl (C=O) groups excluding carboxylic acids is 2. The van der Waals surface area contributed by atoms with Crippen LogP contribution < -0.4 is 10.5 Å². The summed E-state index contributed by atoms with van der Waals surface area (Å²) in [5.74, 6) is -0.937. The molecule has 0 radical (unpaired) electrons. The highest BCUT2D eigenvalue weighted by molar-refractivity contribution is 7.89. The number of methoxy groups -OCH3 is 1. The van der Waals surface area contributed by atoms with Crippen LogP contribution in [0, 0.1) is 0 Å². The third-order valence-corrected chi connectivity index (χ3v) is 6.97. The summed E-state index contributed by atoms with van der Waals surface area (Å²) in [5, 5.41) is 19.4. The van der Waals surface area contributed by atoms with Crippen LogP contribution in [0.1, 0.15) is 25.7 Å². The first kappa shape index (κ1) is 24.1. The molecule has 4 N–H and O–H groups in total. The van der Waals surface area contributed by atoms with E-state index in [1.54, 1.807) is 4.90 Å². The van der Waals surface area contributed by atoms with E-state index in [9.17, 15) is 28.2 Å². The number of hydrogen-bond acceptors (Lipinski definition) is 7. The van der Waals surface area contributed by atoms with Gasteiger partial charge >= 0.3 is 0 Å². The number of aliphatic hydroxyl groups excluding tert-OH is 2. The minimum absolute atomic E-state index is 0.162. The Morgan fingerprint density at radius 2 is 1.80 bits per heavy atom. The van der Waals surface area contributed by atoms with E-state index in [4.69, 9.17) is 10.5 Å². The average molecular weight is 444 g/mol. The summed E-state index contributed by atoms with van der Waals surface area (Å²) in [6.07, 6.45) is 0.881. The van der Waals surface area contributed by atoms with Crippen LogP contribution >= 0.6 is 0 Å². The van der Waals surface area contributed by atoms with E-state index in [1.165, 1.54) is 31.4 Å². The summed E-state index contributed by atoms with van der Waals surface area (Å²) in [6, 6.07) is 3.72. The first-order chi connectivity index (χ1) is 14.2. The second kappa shape index (κ2) is 10.7. The molecule has 0 aliphatic carbocycles. The van der Waals surface area contributed by atoms with Crippen LogP contribution in [0.25, 0.3) is 0 Å². The second-order valence-corrected chi connectivity index (χ2v) is 8.97. The van der Waals surface area contributed by atoms with Gasteiger partial charge in [0, 0.05) is 26.1 Å². The SMILES string of the molecule is COc1ccc(S(=O)(=O)N(CCC(=O)N2CCCCC2)C(C(N)=O)C(O)CO)cc1. The van der Waals surface area contributed by atoms with Crippen molar-refractivity contribution in [2.75, 3.05) is 33.4 Å². The quantitative estimate of drug-likeness (QED) is 0.432. The maximum Gasteiger partial charge on any atom is 0.243 e. The van der Waals surface area contributed by atoms with Crippen LogP contribution in [0.3, 0.4) is 0 Å². The normalized spacial score (nSPS) is 16.9. The number of hydrogen-bond donors (Lipinski definition) is 3. The van der Waals surface area contributed by atoms with Crippen molar-refractivity contribution in [3.63, 3.8) is 0 Å². The molecule has 2 atom stereocenters. The summed E-state index contributed by atoms with van der Waals surface area (Å²) in [6.45, 7) is -0.0399. The molecular weight excluding hydrogens is 414 g/mol. The summed E-state index contributed by atoms with van der Waals surface area (Å²) in [7, 11) is -2.88. The maximum atomic E-state index is 13.2. The zero-order valence-corrected chi connectivity index (χ0v) is 17.8. The molecule has 0 bridgehead atoms. The number of amides is 2. The van der Waals surface area contributed by atoms with E-state index in [0.717, 1.165) is 19.3 Å². The van der Waals surface area contributed by atoms with Crippen molar-refractivity contribution in [1.82, 2.24) is 9.21 Å². The Bertz CT molecular complexity index is 823. The molecule has 2 rings (SSSR count). The molecule has 1 aliphatic heterocycles. The lowest BCUT2D eigenvalue weighted by Crippen LogP contribution is -2.55. The fraction of sp³-hybridized carbons (Fsp3) is 0.579. The third kappa shape index (κ3) is 5.69. The molecule has 10 nitrogen and oxygen atoms in total. The van der Waals surface area contributed by atoms with Gasteiger partial charge in [-0.2, -0.15) is 4.31 Å². The topological polar surface area (TPSA) is 150 Å². The third-order valence-electron chi connectivity index (χ3n) is 5.07. The first-order valence-corrected chi connectivity index (χ1v) is 11.2. The van der Waals surface area contributed by atoms with Gasteiger partial charge in [0.25, 0.3) is 0 Å². The number of likely N-dealkylation sites (tertiary alicyclic amines) is 1. The summed E-state index contributed by atoms with van der Waals surface area (Å²) in [4.78, 5) is 26.0. The van der Waals surface area contributed by atoms with Crippen LogP contribution in [0.2, 0.25) is 0 Å². The van der Waals surface area contributed by atoms with E-state index in [-0.39, 0.29) is 23.8 Å². The van der Waals surface area contributed by atoms with Crippen molar-refractivity contribution in [2.45, 2.75) is 42.7 Å². The minimum Gasteiger partial charge on any atom is -0.497 e. The Morgan fingerprint density at radius 1 is 1.20 bits per heavy atom. The number of sulfonamides is 1. The number of nitrogens with zero attached hydrogens (tertiary/aromatic N) is 2. The van der Waals surface area contributed by atoms with E-state index in [2.05, 4.69) is 0 Å². The number of primary amides is 1. The van der Waals surface area contributed by atoms with Gasteiger partial charge in [0.15, 0.2) is 0 Å². The Morgan fingerprint density at radius 3 is 2.30 bits per heavy atom. The van der Waals surface area contributed by atoms with Crippen molar-refractivity contribution in [3.05, 3.63) is 24.3 Å². The first-order valence-electron chi connectivity index (χ1n) is 9.74. The van der Waals surface area contributed by atoms with Crippen molar-refractivity contribution in [2.24, 2.45) is 5.73 Å². The highest BCUT2D eigenvalue weighted by Crippen LogP contribution is 2.23. The molecule has 2 unspecified atom stereocenters. The lowest BCUT2D eigenvalue weighted by atomic mass is 10.1. The lowest BCUT2D eigenvalue weighted by Gasteiger charge is -2.32. The van der Waals surface area contributed by atoms with E-state index < -0.39 is 34.7 Å². The predicted molar refractivity (Wildman–Crippen MR) is 108 cm³/mol. The zero-order chi connectivity index (χ0) is 22.3. The van der Waals surface area contributed by atoms with Gasteiger partial charge in [-0.1, -0.05) is 0 Å². The summed E-state index contributed by atoms with van der Waals surface area (Å²) < 4.78 is 32.2. The number of nitrogens with two attached hydrogens (primary N) is 1. The monoisotopic (exact) mass is 443 g/mol. The van der Waals surface area contributed by atoms with Crippen LogP contribution in [-0.2, 0) is 19.6 Å². The molecule has 1 fully saturated rings. The van der Waals surface area contributed by atoms with Crippen molar-refractivity contribution in [1.29, 1.82) is 0 Å². The number of carbonyl (C=O) groups is 2. The Kier molecular flexibility index (Phi) is 8.59. The fourth-order valence-electron chi connectivity index (χ4n) is 3.42. The fourth-order valence-corrected chi connectivity index (χ4v) is 5.05. The standard InChI is InChI=1S/C19H29N3O7S/c1-29-14-5-7-15(8-6-14)30(27,28)22(18(19(20)26)16(24)13-23)12-9-17(25)21-10-3-2-4-11-21/h5-8,16,18,23-24H,2-4,9-13H2,1H3,(H2,20,26). The maximum absolute atomic E-state index is 13.2. The molecule has 0 spiro atoms. The molecule has 0 saturated carbocycles. The average Bonchev–Trinajstić information content (AvgIpc) is 2.76. The van der Waals surface area contributed by atoms with E-state index in [1.807, 2.05) is 0 Å². The number of ether oxygens (including phenoxy) is 1. The summed E-state index contributed by atoms with van der Waals surface area (Å²) in [5.41, 5.74) is 5.35. The molecule has 1 aromatic rings. The zero-order valence-electron chi connectivity index (χ0n) is 16.9. The highest BCUT2D eigenvalue weighted by Gasteiger charge is 2.39. The van der Waals surface area contributed by atoms with Gasteiger partial charge in [0.1, 0.15) is 17.9 Å². The lowest BCUT2D eigenvalue weighted by molar-refractivity contribution is -0.133. The number of aliphatic hydroxyl groups is 2. The molecule has 168 valence electrons. The Labute approximate surface area is 176 Å². The van der Waals surface area contributed by atoms with E-state index in [0.29, 0.717) is 23.1 Å². The van der Waals surface area contributed by atoms with E-state index >= 15 is 0 Å². The van der Waals surface area contributed by atoms with Gasteiger partial charge in [-0.15, -0.1) is 0 Å². The van der Waals surface area contributed by atoms with Crippen LogP contribution in [0.15, 0.2) is 29.2 Å². The molecule has 0 aromatic heterocycles. The van der Waals surface area contributed by atoms with Crippen molar-refractivity contribution in [3.8, 4) is 5.75 Å². The van der Waals surface area contributed by atoms with Crippen LogP contribution in [0.5, 0.6) is 5.75 Å². The van der Waals surface area contributed by atoms with Gasteiger partial charge in [-0.05, 0) is 43.5 Å². The number of benzene rings is 1. The summed E-state index contributed by atoms with van der Waals surface area (Å²) >= 11 is 0. The van der Waals surface area contributed by atoms with Gasteiger partial charge < -0.3 is 25.6 Å². The number of rotatable bonds is 10. The van der Waals surface area contributed by atoms with Gasteiger partial charge in [0.05, 0.1) is 18.6 Å². The Balaban J connectivity index is 2.33. The molecule has 30 heavy (non-hydrogen) atoms. The minimum atomic E-state index is -4.32. The smallest absolute Gasteiger partial charge is 0.243 e. The molecule has 1 saturated heterocycles. The highest BCUT2D eigenvalue weighted by atomic mass is 32.2.